The fraction of sp³-hybridized carbons (Fsp3) is 0.462. The number of aliphatic hydroxyl groups excluding tert-OH is 1. The largest absolute Gasteiger partial charge is 0.492 e. The van der Waals surface area contributed by atoms with Crippen LogP contribution in [0.15, 0.2) is 24.3 Å². The fourth-order valence-electron chi connectivity index (χ4n) is 1.31. The summed E-state index contributed by atoms with van der Waals surface area (Å²) in [6.07, 6.45) is 0. The molecule has 0 radical (unpaired) electrons. The van der Waals surface area contributed by atoms with Crippen LogP contribution in [0.2, 0.25) is 0 Å². The number of hydrogen-bond donors (Lipinski definition) is 3. The topological polar surface area (TPSA) is 78.8 Å². The van der Waals surface area contributed by atoms with E-state index in [1.54, 1.807) is 12.1 Å². The Bertz CT molecular complexity index is 386. The van der Waals surface area contributed by atoms with E-state index >= 15 is 0 Å². The van der Waals surface area contributed by atoms with Gasteiger partial charge in [0.05, 0.1) is 12.2 Å². The first-order valence-electron chi connectivity index (χ1n) is 5.77. The highest BCUT2D eigenvalue weighted by Gasteiger charge is 2.14. The van der Waals surface area contributed by atoms with Gasteiger partial charge in [-0.1, -0.05) is 0 Å². The van der Waals surface area contributed by atoms with Crippen LogP contribution in [0, 0.1) is 0 Å². The molecule has 18 heavy (non-hydrogen) atoms. The molecule has 0 atom stereocenters. The SMILES string of the molecule is CC(C)(CO)NCCOc1ccc(C(=O)O)cc1. The molecule has 0 saturated carbocycles. The Hall–Kier alpha value is -1.59. The Kier molecular flexibility index (Phi) is 5.12. The van der Waals surface area contributed by atoms with Gasteiger partial charge in [-0.15, -0.1) is 0 Å². The highest BCUT2D eigenvalue weighted by atomic mass is 16.5. The van der Waals surface area contributed by atoms with Crippen molar-refractivity contribution in [3.8, 4) is 5.75 Å². The number of nitrogens with one attached hydrogen (secondary N) is 1. The summed E-state index contributed by atoms with van der Waals surface area (Å²) in [6, 6.07) is 6.26. The number of benzene rings is 1. The summed E-state index contributed by atoms with van der Waals surface area (Å²) in [6.45, 7) is 4.91. The molecule has 0 aliphatic rings. The average Bonchev–Trinajstić information content (AvgIpc) is 2.35. The third kappa shape index (κ3) is 4.73. The van der Waals surface area contributed by atoms with Crippen molar-refractivity contribution in [2.45, 2.75) is 19.4 Å². The van der Waals surface area contributed by atoms with Crippen molar-refractivity contribution >= 4 is 5.97 Å². The summed E-state index contributed by atoms with van der Waals surface area (Å²) in [7, 11) is 0. The van der Waals surface area contributed by atoms with Gasteiger partial charge in [0.25, 0.3) is 0 Å². The smallest absolute Gasteiger partial charge is 0.335 e. The van der Waals surface area contributed by atoms with Gasteiger partial charge in [-0.25, -0.2) is 4.79 Å². The molecule has 100 valence electrons. The second-order valence-electron chi connectivity index (χ2n) is 4.65. The predicted molar refractivity (Wildman–Crippen MR) is 68.1 cm³/mol. The molecule has 5 heteroatoms. The van der Waals surface area contributed by atoms with Crippen LogP contribution < -0.4 is 10.1 Å². The van der Waals surface area contributed by atoms with Crippen LogP contribution in [0.3, 0.4) is 0 Å². The normalized spacial score (nSPS) is 11.3. The molecule has 0 aliphatic carbocycles. The number of hydrogen-bond acceptors (Lipinski definition) is 4. The van der Waals surface area contributed by atoms with Crippen molar-refractivity contribution in [2.24, 2.45) is 0 Å². The molecule has 0 saturated heterocycles. The molecule has 0 fully saturated rings. The van der Waals surface area contributed by atoms with Crippen molar-refractivity contribution in [1.29, 1.82) is 0 Å². The Morgan fingerprint density at radius 3 is 2.44 bits per heavy atom. The van der Waals surface area contributed by atoms with Crippen molar-refractivity contribution in [3.05, 3.63) is 29.8 Å². The van der Waals surface area contributed by atoms with Gasteiger partial charge >= 0.3 is 5.97 Å². The fourth-order valence-corrected chi connectivity index (χ4v) is 1.31. The molecule has 1 rings (SSSR count). The lowest BCUT2D eigenvalue weighted by Crippen LogP contribution is -2.44. The van der Waals surface area contributed by atoms with Crippen LogP contribution in [-0.4, -0.2) is 41.5 Å². The number of aromatic carboxylic acids is 1. The maximum atomic E-state index is 10.6. The minimum Gasteiger partial charge on any atom is -0.492 e. The van der Waals surface area contributed by atoms with E-state index in [9.17, 15) is 4.79 Å². The third-order valence-corrected chi connectivity index (χ3v) is 2.47. The van der Waals surface area contributed by atoms with Gasteiger partial charge in [-0.3, -0.25) is 0 Å². The van der Waals surface area contributed by atoms with E-state index < -0.39 is 5.97 Å². The number of rotatable bonds is 7. The number of carboxylic acids is 1. The van der Waals surface area contributed by atoms with E-state index in [0.717, 1.165) is 0 Å². The zero-order valence-corrected chi connectivity index (χ0v) is 10.6. The molecule has 3 N–H and O–H groups in total. The van der Waals surface area contributed by atoms with Crippen LogP contribution in [0.1, 0.15) is 24.2 Å². The van der Waals surface area contributed by atoms with E-state index in [2.05, 4.69) is 5.32 Å². The molecule has 0 heterocycles. The summed E-state index contributed by atoms with van der Waals surface area (Å²) in [5, 5.41) is 20.9. The standard InChI is InChI=1S/C13H19NO4/c1-13(2,9-15)14-7-8-18-11-5-3-10(4-6-11)12(16)17/h3-6,14-15H,7-9H2,1-2H3,(H,16,17). The van der Waals surface area contributed by atoms with Crippen LogP contribution in [-0.2, 0) is 0 Å². The molecule has 1 aromatic carbocycles. The quantitative estimate of drug-likeness (QED) is 0.635. The van der Waals surface area contributed by atoms with Gasteiger partial charge in [0, 0.05) is 12.1 Å². The zero-order valence-electron chi connectivity index (χ0n) is 10.6. The first-order chi connectivity index (χ1) is 8.44. The van der Waals surface area contributed by atoms with Gasteiger partial charge in [0.15, 0.2) is 0 Å². The van der Waals surface area contributed by atoms with Crippen LogP contribution in [0.25, 0.3) is 0 Å². The van der Waals surface area contributed by atoms with Crippen molar-refractivity contribution < 1.29 is 19.7 Å². The highest BCUT2D eigenvalue weighted by molar-refractivity contribution is 5.87. The molecule has 5 nitrogen and oxygen atoms in total. The summed E-state index contributed by atoms with van der Waals surface area (Å²) in [5.41, 5.74) is -0.0850. The van der Waals surface area contributed by atoms with Gasteiger partial charge in [-0.05, 0) is 38.1 Å². The van der Waals surface area contributed by atoms with E-state index in [1.807, 2.05) is 13.8 Å². The van der Waals surface area contributed by atoms with Crippen molar-refractivity contribution in [2.75, 3.05) is 19.8 Å². The lowest BCUT2D eigenvalue weighted by Gasteiger charge is -2.23. The maximum absolute atomic E-state index is 10.6. The predicted octanol–water partition coefficient (Wildman–Crippen LogP) is 1.12. The summed E-state index contributed by atoms with van der Waals surface area (Å²) >= 11 is 0. The molecule has 0 unspecified atom stereocenters. The third-order valence-electron chi connectivity index (χ3n) is 2.47. The first-order valence-corrected chi connectivity index (χ1v) is 5.77. The number of carbonyl (C=O) groups is 1. The minimum atomic E-state index is -0.951. The van der Waals surface area contributed by atoms with Crippen molar-refractivity contribution in [3.63, 3.8) is 0 Å². The second kappa shape index (κ2) is 6.37. The van der Waals surface area contributed by atoms with E-state index in [0.29, 0.717) is 18.9 Å². The molecule has 0 aliphatic heterocycles. The number of ether oxygens (including phenoxy) is 1. The molecule has 0 aromatic heterocycles. The van der Waals surface area contributed by atoms with Gasteiger partial charge in [0.2, 0.25) is 0 Å². The molecule has 0 bridgehead atoms. The van der Waals surface area contributed by atoms with Gasteiger partial charge in [-0.2, -0.15) is 0 Å². The zero-order chi connectivity index (χ0) is 13.6. The Balaban J connectivity index is 2.34. The lowest BCUT2D eigenvalue weighted by molar-refractivity contribution is 0.0697. The molecule has 0 spiro atoms. The Labute approximate surface area is 106 Å². The molecular weight excluding hydrogens is 234 g/mol. The van der Waals surface area contributed by atoms with E-state index in [1.165, 1.54) is 12.1 Å². The van der Waals surface area contributed by atoms with Gasteiger partial charge < -0.3 is 20.3 Å². The van der Waals surface area contributed by atoms with Crippen LogP contribution in [0.5, 0.6) is 5.75 Å². The highest BCUT2D eigenvalue weighted by Crippen LogP contribution is 2.11. The van der Waals surface area contributed by atoms with Crippen LogP contribution in [0.4, 0.5) is 0 Å². The Morgan fingerprint density at radius 2 is 1.94 bits per heavy atom. The minimum absolute atomic E-state index is 0.0559. The summed E-state index contributed by atoms with van der Waals surface area (Å²) in [4.78, 5) is 10.6. The number of carboxylic acid groups (broad SMARTS) is 1. The van der Waals surface area contributed by atoms with Crippen molar-refractivity contribution in [1.82, 2.24) is 5.32 Å². The van der Waals surface area contributed by atoms with Crippen LogP contribution >= 0.6 is 0 Å². The first kappa shape index (κ1) is 14.5. The van der Waals surface area contributed by atoms with Gasteiger partial charge in [0.1, 0.15) is 12.4 Å². The molecule has 1 aromatic rings. The molecular formula is C13H19NO4. The van der Waals surface area contributed by atoms with E-state index in [4.69, 9.17) is 14.9 Å². The second-order valence-corrected chi connectivity index (χ2v) is 4.65. The monoisotopic (exact) mass is 253 g/mol. The average molecular weight is 253 g/mol. The Morgan fingerprint density at radius 1 is 1.33 bits per heavy atom. The summed E-state index contributed by atoms with van der Waals surface area (Å²) < 4.78 is 5.44. The molecule has 0 amide bonds. The number of aliphatic hydroxyl groups is 1. The maximum Gasteiger partial charge on any atom is 0.335 e. The van der Waals surface area contributed by atoms with E-state index in [-0.39, 0.29) is 17.7 Å². The lowest BCUT2D eigenvalue weighted by atomic mass is 10.1. The summed E-state index contributed by atoms with van der Waals surface area (Å²) in [5.74, 6) is -0.323.